The molecule has 30 heavy (non-hydrogen) atoms. The Hall–Kier alpha value is -3.24. The van der Waals surface area contributed by atoms with Crippen molar-refractivity contribution >= 4 is 23.4 Å². The predicted molar refractivity (Wildman–Crippen MR) is 112 cm³/mol. The Morgan fingerprint density at radius 3 is 2.67 bits per heavy atom. The summed E-state index contributed by atoms with van der Waals surface area (Å²) in [6.45, 7) is 2.13. The summed E-state index contributed by atoms with van der Waals surface area (Å²) in [7, 11) is 1.44. The monoisotopic (exact) mass is 427 g/mol. The van der Waals surface area contributed by atoms with E-state index in [0.29, 0.717) is 22.4 Å². The average Bonchev–Trinajstić information content (AvgIpc) is 3.14. The minimum atomic E-state index is -0.449. The lowest BCUT2D eigenvalue weighted by atomic mass is 10.2. The quantitative estimate of drug-likeness (QED) is 0.317. The standard InChI is InChI=1S/C20H21N5O4S/c1-14-4-3-5-15(10-14)13-30-20-23-22-18(11-21-19(26)12-29-2)24(20)16-6-8-17(9-7-16)25(27)28/h3-10H,11-13H2,1-2H3,(H,21,26). The molecule has 3 aromatic rings. The number of benzene rings is 2. The van der Waals surface area contributed by atoms with Crippen molar-refractivity contribution in [3.63, 3.8) is 0 Å². The second kappa shape index (κ2) is 9.99. The largest absolute Gasteiger partial charge is 0.375 e. The number of amides is 1. The van der Waals surface area contributed by atoms with Gasteiger partial charge in [-0.25, -0.2) is 0 Å². The van der Waals surface area contributed by atoms with Gasteiger partial charge in [-0.1, -0.05) is 41.6 Å². The number of rotatable bonds is 9. The van der Waals surface area contributed by atoms with Crippen LogP contribution in [0.4, 0.5) is 5.69 Å². The molecule has 0 atom stereocenters. The van der Waals surface area contributed by atoms with Gasteiger partial charge in [0.25, 0.3) is 5.69 Å². The number of carbonyl (C=O) groups is 1. The Labute approximate surface area is 177 Å². The fraction of sp³-hybridized carbons (Fsp3) is 0.250. The van der Waals surface area contributed by atoms with Crippen molar-refractivity contribution in [2.75, 3.05) is 13.7 Å². The molecule has 0 saturated carbocycles. The van der Waals surface area contributed by atoms with E-state index in [1.54, 1.807) is 16.7 Å². The molecule has 3 rings (SSSR count). The van der Waals surface area contributed by atoms with Crippen LogP contribution >= 0.6 is 11.8 Å². The minimum Gasteiger partial charge on any atom is -0.375 e. The first-order chi connectivity index (χ1) is 14.5. The van der Waals surface area contributed by atoms with E-state index in [1.165, 1.54) is 36.6 Å². The highest BCUT2D eigenvalue weighted by Crippen LogP contribution is 2.26. The van der Waals surface area contributed by atoms with Gasteiger partial charge in [0.1, 0.15) is 6.61 Å². The zero-order valence-electron chi connectivity index (χ0n) is 16.6. The van der Waals surface area contributed by atoms with Gasteiger partial charge < -0.3 is 10.1 Å². The van der Waals surface area contributed by atoms with Crippen molar-refractivity contribution < 1.29 is 14.5 Å². The second-order valence-corrected chi connectivity index (χ2v) is 7.44. The molecule has 1 heterocycles. The number of nitro groups is 1. The van der Waals surface area contributed by atoms with E-state index in [-0.39, 0.29) is 24.7 Å². The Morgan fingerprint density at radius 1 is 1.23 bits per heavy atom. The molecule has 1 aromatic heterocycles. The molecule has 0 unspecified atom stereocenters. The third-order valence-electron chi connectivity index (χ3n) is 4.19. The van der Waals surface area contributed by atoms with E-state index in [0.717, 1.165) is 5.56 Å². The Balaban J connectivity index is 1.87. The molecule has 0 fully saturated rings. The number of carbonyl (C=O) groups excluding carboxylic acids is 1. The van der Waals surface area contributed by atoms with Crippen LogP contribution in [0.5, 0.6) is 0 Å². The molecular formula is C20H21N5O4S. The van der Waals surface area contributed by atoms with Crippen LogP contribution in [0.15, 0.2) is 53.7 Å². The first kappa shape index (κ1) is 21.5. The van der Waals surface area contributed by atoms with E-state index in [4.69, 9.17) is 4.74 Å². The highest BCUT2D eigenvalue weighted by atomic mass is 32.2. The summed E-state index contributed by atoms with van der Waals surface area (Å²) in [5.41, 5.74) is 2.99. The highest BCUT2D eigenvalue weighted by molar-refractivity contribution is 7.98. The maximum atomic E-state index is 11.8. The minimum absolute atomic E-state index is 0.00395. The number of hydrogen-bond donors (Lipinski definition) is 1. The van der Waals surface area contributed by atoms with Crippen LogP contribution in [0.25, 0.3) is 5.69 Å². The maximum Gasteiger partial charge on any atom is 0.269 e. The van der Waals surface area contributed by atoms with Crippen molar-refractivity contribution in [3.8, 4) is 5.69 Å². The molecular weight excluding hydrogens is 406 g/mol. The molecule has 0 radical (unpaired) electrons. The summed E-state index contributed by atoms with van der Waals surface area (Å²) in [6.07, 6.45) is 0. The number of aromatic nitrogens is 3. The number of methoxy groups -OCH3 is 1. The Morgan fingerprint density at radius 2 is 2.00 bits per heavy atom. The number of thioether (sulfide) groups is 1. The molecule has 0 saturated heterocycles. The second-order valence-electron chi connectivity index (χ2n) is 6.50. The van der Waals surface area contributed by atoms with E-state index in [2.05, 4.69) is 21.6 Å². The molecule has 156 valence electrons. The number of non-ortho nitro benzene ring substituents is 1. The smallest absolute Gasteiger partial charge is 0.269 e. The Kier molecular flexibility index (Phi) is 7.15. The molecule has 2 aromatic carbocycles. The number of nitrogens with one attached hydrogen (secondary N) is 1. The van der Waals surface area contributed by atoms with Gasteiger partial charge in [0.15, 0.2) is 11.0 Å². The van der Waals surface area contributed by atoms with Gasteiger partial charge >= 0.3 is 0 Å². The van der Waals surface area contributed by atoms with Crippen LogP contribution in [0, 0.1) is 17.0 Å². The molecule has 0 bridgehead atoms. The summed E-state index contributed by atoms with van der Waals surface area (Å²) in [6, 6.07) is 14.3. The number of ether oxygens (including phenoxy) is 1. The first-order valence-electron chi connectivity index (χ1n) is 9.11. The third kappa shape index (κ3) is 5.43. The molecule has 9 nitrogen and oxygen atoms in total. The van der Waals surface area contributed by atoms with E-state index in [9.17, 15) is 14.9 Å². The lowest BCUT2D eigenvalue weighted by Gasteiger charge is -2.11. The molecule has 10 heteroatoms. The van der Waals surface area contributed by atoms with Crippen molar-refractivity contribution in [1.29, 1.82) is 0 Å². The molecule has 0 aliphatic carbocycles. The maximum absolute atomic E-state index is 11.8. The van der Waals surface area contributed by atoms with Crippen LogP contribution in [0.1, 0.15) is 17.0 Å². The number of aryl methyl sites for hydroxylation is 1. The first-order valence-corrected chi connectivity index (χ1v) is 10.1. The van der Waals surface area contributed by atoms with Crippen molar-refractivity contribution in [1.82, 2.24) is 20.1 Å². The summed E-state index contributed by atoms with van der Waals surface area (Å²) in [4.78, 5) is 22.3. The van der Waals surface area contributed by atoms with E-state index < -0.39 is 4.92 Å². The highest BCUT2D eigenvalue weighted by Gasteiger charge is 2.16. The summed E-state index contributed by atoms with van der Waals surface area (Å²) in [5, 5.41) is 22.8. The number of hydrogen-bond acceptors (Lipinski definition) is 7. The topological polar surface area (TPSA) is 112 Å². The normalized spacial score (nSPS) is 10.7. The predicted octanol–water partition coefficient (Wildman–Crippen LogP) is 3.04. The zero-order valence-corrected chi connectivity index (χ0v) is 17.4. The third-order valence-corrected chi connectivity index (χ3v) is 5.19. The molecule has 0 aliphatic heterocycles. The molecule has 1 amide bonds. The van der Waals surface area contributed by atoms with E-state index >= 15 is 0 Å². The van der Waals surface area contributed by atoms with E-state index in [1.807, 2.05) is 25.1 Å². The van der Waals surface area contributed by atoms with Gasteiger partial charge in [0.2, 0.25) is 5.91 Å². The van der Waals surface area contributed by atoms with Crippen LogP contribution in [-0.4, -0.2) is 39.3 Å². The number of nitro benzene ring substituents is 1. The number of nitrogens with zero attached hydrogens (tertiary/aromatic N) is 4. The van der Waals surface area contributed by atoms with Gasteiger partial charge in [-0.05, 0) is 24.6 Å². The zero-order chi connectivity index (χ0) is 21.5. The summed E-state index contributed by atoms with van der Waals surface area (Å²) < 4.78 is 6.61. The fourth-order valence-corrected chi connectivity index (χ4v) is 3.71. The summed E-state index contributed by atoms with van der Waals surface area (Å²) >= 11 is 1.50. The van der Waals surface area contributed by atoms with Crippen LogP contribution < -0.4 is 5.32 Å². The Bertz CT molecular complexity index is 1040. The van der Waals surface area contributed by atoms with Gasteiger partial charge in [-0.2, -0.15) is 0 Å². The van der Waals surface area contributed by atoms with Crippen molar-refractivity contribution in [3.05, 3.63) is 75.6 Å². The van der Waals surface area contributed by atoms with Gasteiger partial charge in [-0.3, -0.25) is 19.5 Å². The fourth-order valence-electron chi connectivity index (χ4n) is 2.80. The van der Waals surface area contributed by atoms with Gasteiger partial charge in [0.05, 0.1) is 11.5 Å². The lowest BCUT2D eigenvalue weighted by Crippen LogP contribution is -2.27. The van der Waals surface area contributed by atoms with Gasteiger partial charge in [-0.15, -0.1) is 10.2 Å². The van der Waals surface area contributed by atoms with Gasteiger partial charge in [0, 0.05) is 30.7 Å². The van der Waals surface area contributed by atoms with Crippen molar-refractivity contribution in [2.45, 2.75) is 24.4 Å². The summed E-state index contributed by atoms with van der Waals surface area (Å²) in [5.74, 6) is 0.924. The van der Waals surface area contributed by atoms with Crippen LogP contribution in [0.3, 0.4) is 0 Å². The SMILES string of the molecule is COCC(=O)NCc1nnc(SCc2cccc(C)c2)n1-c1ccc([N+](=O)[O-])cc1. The lowest BCUT2D eigenvalue weighted by molar-refractivity contribution is -0.384. The average molecular weight is 427 g/mol. The molecule has 0 aliphatic rings. The van der Waals surface area contributed by atoms with Crippen LogP contribution in [-0.2, 0) is 21.8 Å². The van der Waals surface area contributed by atoms with Crippen molar-refractivity contribution in [2.24, 2.45) is 0 Å². The molecule has 0 spiro atoms. The molecule has 1 N–H and O–H groups in total. The van der Waals surface area contributed by atoms with Crippen LogP contribution in [0.2, 0.25) is 0 Å².